The summed E-state index contributed by atoms with van der Waals surface area (Å²) in [6, 6.07) is 8.16. The van der Waals surface area contributed by atoms with Gasteiger partial charge in [0.25, 0.3) is 0 Å². The lowest BCUT2D eigenvalue weighted by Gasteiger charge is -2.42. The Morgan fingerprint density at radius 3 is 2.59 bits per heavy atom. The third-order valence-electron chi connectivity index (χ3n) is 9.53. The van der Waals surface area contributed by atoms with Gasteiger partial charge < -0.3 is 24.4 Å². The minimum Gasteiger partial charge on any atom is -0.466 e. The summed E-state index contributed by atoms with van der Waals surface area (Å²) in [5.74, 6) is -2.54. The van der Waals surface area contributed by atoms with E-state index in [4.69, 9.17) is 9.47 Å². The Kier molecular flexibility index (Phi) is 7.89. The summed E-state index contributed by atoms with van der Waals surface area (Å²) in [6.07, 6.45) is 8.28. The van der Waals surface area contributed by atoms with Gasteiger partial charge in [0.05, 0.1) is 30.8 Å². The predicted molar refractivity (Wildman–Crippen MR) is 146 cm³/mol. The summed E-state index contributed by atoms with van der Waals surface area (Å²) in [4.78, 5) is 45.9. The lowest BCUT2D eigenvalue weighted by Crippen LogP contribution is -2.60. The molecular formula is C31H42N2O6. The largest absolute Gasteiger partial charge is 0.466 e. The van der Waals surface area contributed by atoms with Gasteiger partial charge in [0, 0.05) is 12.6 Å². The number of nitrogens with zero attached hydrogens (tertiary/aromatic N) is 2. The van der Waals surface area contributed by atoms with Crippen molar-refractivity contribution in [2.75, 3.05) is 19.8 Å². The number of likely N-dealkylation sites (tertiary alicyclic amines) is 1. The third kappa shape index (κ3) is 4.59. The highest BCUT2D eigenvalue weighted by atomic mass is 16.6. The summed E-state index contributed by atoms with van der Waals surface area (Å²) in [5, 5.41) is 10.6. The molecule has 0 radical (unpaired) electrons. The van der Waals surface area contributed by atoms with Gasteiger partial charge in [0.2, 0.25) is 11.8 Å². The summed E-state index contributed by atoms with van der Waals surface area (Å²) in [6.45, 7) is 7.81. The van der Waals surface area contributed by atoms with E-state index in [1.54, 1.807) is 17.9 Å². The van der Waals surface area contributed by atoms with Crippen LogP contribution >= 0.6 is 0 Å². The number of hydrogen-bond acceptors (Lipinski definition) is 6. The fourth-order valence-corrected chi connectivity index (χ4v) is 7.87. The number of amides is 2. The average Bonchev–Trinajstić information content (AvgIpc) is 3.52. The van der Waals surface area contributed by atoms with Gasteiger partial charge in [-0.3, -0.25) is 14.4 Å². The third-order valence-corrected chi connectivity index (χ3v) is 9.53. The number of fused-ring (bicyclic) bond motifs is 1. The average molecular weight is 539 g/mol. The van der Waals surface area contributed by atoms with Crippen LogP contribution < -0.4 is 0 Å². The van der Waals surface area contributed by atoms with Gasteiger partial charge in [-0.25, -0.2) is 0 Å². The second-order valence-corrected chi connectivity index (χ2v) is 11.8. The zero-order valence-corrected chi connectivity index (χ0v) is 23.2. The van der Waals surface area contributed by atoms with Crippen LogP contribution in [0.3, 0.4) is 0 Å². The van der Waals surface area contributed by atoms with E-state index in [0.29, 0.717) is 25.8 Å². The Hall–Kier alpha value is -2.71. The van der Waals surface area contributed by atoms with Crippen molar-refractivity contribution in [3.05, 3.63) is 48.6 Å². The summed E-state index contributed by atoms with van der Waals surface area (Å²) in [5.41, 5.74) is -1.06. The second kappa shape index (κ2) is 11.0. The molecule has 212 valence electrons. The first kappa shape index (κ1) is 27.8. The molecule has 0 aromatic heterocycles. The van der Waals surface area contributed by atoms with Gasteiger partial charge in [0.15, 0.2) is 0 Å². The van der Waals surface area contributed by atoms with Crippen molar-refractivity contribution in [2.45, 2.75) is 94.5 Å². The van der Waals surface area contributed by atoms with E-state index in [9.17, 15) is 19.5 Å². The van der Waals surface area contributed by atoms with Gasteiger partial charge in [-0.15, -0.1) is 6.58 Å². The van der Waals surface area contributed by atoms with Crippen LogP contribution in [0.5, 0.6) is 0 Å². The summed E-state index contributed by atoms with van der Waals surface area (Å²) in [7, 11) is 0. The number of esters is 1. The number of carbonyl (C=O) groups is 3. The smallest absolute Gasteiger partial charge is 0.312 e. The van der Waals surface area contributed by atoms with Crippen LogP contribution in [0.4, 0.5) is 0 Å². The Bertz CT molecular complexity index is 1090. The maximum atomic E-state index is 14.7. The van der Waals surface area contributed by atoms with Gasteiger partial charge >= 0.3 is 5.97 Å². The second-order valence-electron chi connectivity index (χ2n) is 11.8. The number of ether oxygens (including phenoxy) is 2. The van der Waals surface area contributed by atoms with E-state index >= 15 is 0 Å². The molecule has 1 aliphatic carbocycles. The molecule has 8 nitrogen and oxygen atoms in total. The number of hydrogen-bond donors (Lipinski definition) is 1. The molecule has 1 aromatic carbocycles. The molecule has 39 heavy (non-hydrogen) atoms. The SMILES string of the molecule is C=CCN(C(=O)C1N([C@@H](CO)Cc2ccccc2)C(=O)[C@@H]2[C@@H](C(=O)OCC)[C@@]3(C)CCC12O3)C1CCCCC1. The van der Waals surface area contributed by atoms with E-state index in [2.05, 4.69) is 6.58 Å². The van der Waals surface area contributed by atoms with Gasteiger partial charge in [-0.05, 0) is 51.5 Å². The normalized spacial score (nSPS) is 32.6. The standard InChI is InChI=1S/C31H42N2O6/c1-4-18-32(22-14-10-7-11-15-22)28(36)26-31-17-16-30(3,39-31)25(29(37)38-5-2)24(31)27(35)33(26)23(20-34)19-21-12-8-6-9-13-21/h4,6,8-9,12-13,22-26,34H,1,5,7,10-11,14-20H2,2-3H3/t23-,24+,25+,26?,30-,31?/m1/s1. The highest BCUT2D eigenvalue weighted by Gasteiger charge is 2.79. The molecule has 2 bridgehead atoms. The fourth-order valence-electron chi connectivity index (χ4n) is 7.87. The van der Waals surface area contributed by atoms with Crippen LogP contribution in [0.15, 0.2) is 43.0 Å². The molecular weight excluding hydrogens is 496 g/mol. The lowest BCUT2D eigenvalue weighted by atomic mass is 9.66. The van der Waals surface area contributed by atoms with E-state index in [0.717, 1.165) is 37.7 Å². The Morgan fingerprint density at radius 2 is 1.95 bits per heavy atom. The topological polar surface area (TPSA) is 96.4 Å². The van der Waals surface area contributed by atoms with E-state index < -0.39 is 41.1 Å². The van der Waals surface area contributed by atoms with E-state index in [-0.39, 0.29) is 31.1 Å². The minimum atomic E-state index is -1.14. The Morgan fingerprint density at radius 1 is 1.23 bits per heavy atom. The molecule has 3 heterocycles. The molecule has 3 saturated heterocycles. The molecule has 1 saturated carbocycles. The molecule has 6 atom stereocenters. The molecule has 1 N–H and O–H groups in total. The van der Waals surface area contributed by atoms with Crippen molar-refractivity contribution in [3.8, 4) is 0 Å². The van der Waals surface area contributed by atoms with Crippen molar-refractivity contribution < 1.29 is 29.0 Å². The molecule has 1 aromatic rings. The number of carbonyl (C=O) groups excluding carboxylic acids is 3. The molecule has 4 aliphatic rings. The highest BCUT2D eigenvalue weighted by molar-refractivity contribution is 5.99. The number of aliphatic hydroxyl groups excluding tert-OH is 1. The van der Waals surface area contributed by atoms with Crippen molar-refractivity contribution in [2.24, 2.45) is 11.8 Å². The minimum absolute atomic E-state index is 0.0633. The first-order chi connectivity index (χ1) is 18.8. The Balaban J connectivity index is 1.59. The quantitative estimate of drug-likeness (QED) is 0.363. The first-order valence-electron chi connectivity index (χ1n) is 14.6. The predicted octanol–water partition coefficient (Wildman–Crippen LogP) is 3.27. The molecule has 2 unspecified atom stereocenters. The van der Waals surface area contributed by atoms with Crippen molar-refractivity contribution in [3.63, 3.8) is 0 Å². The van der Waals surface area contributed by atoms with Crippen molar-refractivity contribution in [1.29, 1.82) is 0 Å². The fraction of sp³-hybridized carbons (Fsp3) is 0.645. The molecule has 5 rings (SSSR count). The maximum Gasteiger partial charge on any atom is 0.312 e. The molecule has 3 aliphatic heterocycles. The molecule has 2 amide bonds. The maximum absolute atomic E-state index is 14.7. The molecule has 1 spiro atoms. The van der Waals surface area contributed by atoms with Crippen LogP contribution in [0.1, 0.15) is 64.4 Å². The summed E-state index contributed by atoms with van der Waals surface area (Å²) < 4.78 is 12.2. The van der Waals surface area contributed by atoms with Crippen LogP contribution in [0, 0.1) is 11.8 Å². The van der Waals surface area contributed by atoms with E-state index in [1.807, 2.05) is 42.2 Å². The number of aliphatic hydroxyl groups is 1. The van der Waals surface area contributed by atoms with Gasteiger partial charge in [-0.1, -0.05) is 55.7 Å². The van der Waals surface area contributed by atoms with Crippen LogP contribution in [0.25, 0.3) is 0 Å². The zero-order valence-electron chi connectivity index (χ0n) is 23.2. The summed E-state index contributed by atoms with van der Waals surface area (Å²) >= 11 is 0. The zero-order chi connectivity index (χ0) is 27.8. The van der Waals surface area contributed by atoms with Crippen LogP contribution in [0.2, 0.25) is 0 Å². The number of rotatable bonds is 10. The molecule has 4 fully saturated rings. The highest BCUT2D eigenvalue weighted by Crippen LogP contribution is 2.63. The van der Waals surface area contributed by atoms with Crippen molar-refractivity contribution in [1.82, 2.24) is 9.80 Å². The van der Waals surface area contributed by atoms with Crippen LogP contribution in [-0.2, 0) is 30.3 Å². The molecule has 8 heteroatoms. The first-order valence-corrected chi connectivity index (χ1v) is 14.6. The number of benzene rings is 1. The van der Waals surface area contributed by atoms with Crippen molar-refractivity contribution >= 4 is 17.8 Å². The lowest BCUT2D eigenvalue weighted by molar-refractivity contribution is -0.162. The van der Waals surface area contributed by atoms with Gasteiger partial charge in [0.1, 0.15) is 17.6 Å². The van der Waals surface area contributed by atoms with Gasteiger partial charge in [-0.2, -0.15) is 0 Å². The van der Waals surface area contributed by atoms with E-state index in [1.165, 1.54) is 0 Å². The monoisotopic (exact) mass is 538 g/mol. The van der Waals surface area contributed by atoms with Crippen LogP contribution in [-0.4, -0.2) is 81.8 Å². The Labute approximate surface area is 231 Å².